The summed E-state index contributed by atoms with van der Waals surface area (Å²) in [7, 11) is 0. The molecular formula is C16H24O4. The number of unbranched alkanes of at least 4 members (excludes halogenated alkanes) is 1. The van der Waals surface area contributed by atoms with Crippen molar-refractivity contribution in [1.82, 2.24) is 0 Å². The Bertz CT molecular complexity index is 387. The summed E-state index contributed by atoms with van der Waals surface area (Å²) in [6.07, 6.45) is 2.18. The third-order valence-electron chi connectivity index (χ3n) is 2.68. The number of rotatable bonds is 6. The van der Waals surface area contributed by atoms with Gasteiger partial charge >= 0.3 is 6.16 Å². The van der Waals surface area contributed by atoms with Crippen molar-refractivity contribution in [2.24, 2.45) is 0 Å². The van der Waals surface area contributed by atoms with E-state index in [0.29, 0.717) is 6.42 Å². The first kappa shape index (κ1) is 18.2. The summed E-state index contributed by atoms with van der Waals surface area (Å²) >= 11 is 0. The van der Waals surface area contributed by atoms with Crippen LogP contribution < -0.4 is 0 Å². The molecule has 1 N–H and O–H groups in total. The minimum atomic E-state index is -1.18. The van der Waals surface area contributed by atoms with Gasteiger partial charge in [-0.05, 0) is 13.3 Å². The minimum Gasteiger partial charge on any atom is -0.450 e. The molecule has 1 atom stereocenters. The topological polar surface area (TPSA) is 63.6 Å². The van der Waals surface area contributed by atoms with Gasteiger partial charge in [-0.3, -0.25) is 4.79 Å². The highest BCUT2D eigenvalue weighted by Crippen LogP contribution is 2.03. The number of hydrogen-bond acceptors (Lipinski definition) is 3. The maximum Gasteiger partial charge on any atom is 0.506 e. The molecule has 1 rings (SSSR count). The zero-order valence-corrected chi connectivity index (χ0v) is 12.5. The van der Waals surface area contributed by atoms with Gasteiger partial charge in [0.15, 0.2) is 5.78 Å². The van der Waals surface area contributed by atoms with E-state index in [4.69, 9.17) is 5.11 Å². The molecule has 112 valence electrons. The quantitative estimate of drug-likeness (QED) is 0.613. The van der Waals surface area contributed by atoms with E-state index in [1.54, 1.807) is 6.92 Å². The average Bonchev–Trinajstić information content (AvgIpc) is 2.45. The Balaban J connectivity index is 0.000000361. The highest BCUT2D eigenvalue weighted by Gasteiger charge is 2.05. The van der Waals surface area contributed by atoms with Gasteiger partial charge in [0.05, 0.1) is 0 Å². The Morgan fingerprint density at radius 2 is 1.80 bits per heavy atom. The molecule has 0 aliphatic rings. The third kappa shape index (κ3) is 9.14. The fourth-order valence-electron chi connectivity index (χ4n) is 1.55. The summed E-state index contributed by atoms with van der Waals surface area (Å²) in [5.74, 6) is 0.209. The Morgan fingerprint density at radius 3 is 2.25 bits per heavy atom. The fraction of sp³-hybridized carbons (Fsp3) is 0.500. The second kappa shape index (κ2) is 11.0. The first-order chi connectivity index (χ1) is 9.51. The molecule has 0 heterocycles. The van der Waals surface area contributed by atoms with Gasteiger partial charge in [0.1, 0.15) is 6.10 Å². The van der Waals surface area contributed by atoms with Crippen LogP contribution in [0.3, 0.4) is 0 Å². The number of carbonyl (C=O) groups excluding carboxylic acids is 1. The minimum absolute atomic E-state index is 0.155. The van der Waals surface area contributed by atoms with Crippen molar-refractivity contribution in [3.8, 4) is 0 Å². The molecule has 20 heavy (non-hydrogen) atoms. The van der Waals surface area contributed by atoms with Crippen LogP contribution in [0.1, 0.15) is 56.8 Å². The second-order valence-corrected chi connectivity index (χ2v) is 4.48. The molecule has 0 spiro atoms. The molecule has 1 aromatic rings. The molecule has 1 unspecified atom stereocenters. The molecule has 0 fully saturated rings. The summed E-state index contributed by atoms with van der Waals surface area (Å²) in [6.45, 7) is 5.70. The first-order valence-corrected chi connectivity index (χ1v) is 6.99. The van der Waals surface area contributed by atoms with Crippen molar-refractivity contribution in [1.29, 1.82) is 0 Å². The van der Waals surface area contributed by atoms with E-state index in [9.17, 15) is 9.59 Å². The third-order valence-corrected chi connectivity index (χ3v) is 2.68. The number of benzene rings is 1. The van der Waals surface area contributed by atoms with E-state index < -0.39 is 6.16 Å². The molecule has 0 saturated heterocycles. The summed E-state index contributed by atoms with van der Waals surface area (Å²) in [5.41, 5.74) is 0.810. The monoisotopic (exact) mass is 280 g/mol. The van der Waals surface area contributed by atoms with Gasteiger partial charge < -0.3 is 9.84 Å². The SMILES string of the molecule is CCC(=O)c1ccccc1.CCCCC(C)OC(=O)O. The Hall–Kier alpha value is -1.84. The smallest absolute Gasteiger partial charge is 0.450 e. The summed E-state index contributed by atoms with van der Waals surface area (Å²) < 4.78 is 4.47. The number of hydrogen-bond donors (Lipinski definition) is 1. The summed E-state index contributed by atoms with van der Waals surface area (Å²) in [6, 6.07) is 9.34. The number of ketones is 1. The Labute approximate surface area is 120 Å². The van der Waals surface area contributed by atoms with Gasteiger partial charge in [-0.25, -0.2) is 4.79 Å². The van der Waals surface area contributed by atoms with Crippen molar-refractivity contribution in [3.63, 3.8) is 0 Å². The zero-order chi connectivity index (χ0) is 15.4. The Morgan fingerprint density at radius 1 is 1.20 bits per heavy atom. The predicted molar refractivity (Wildman–Crippen MR) is 79.2 cm³/mol. The average molecular weight is 280 g/mol. The van der Waals surface area contributed by atoms with Crippen molar-refractivity contribution >= 4 is 11.9 Å². The highest BCUT2D eigenvalue weighted by molar-refractivity contribution is 5.95. The molecule has 0 saturated carbocycles. The van der Waals surface area contributed by atoms with Gasteiger partial charge in [-0.15, -0.1) is 0 Å². The predicted octanol–water partition coefficient (Wildman–Crippen LogP) is 4.54. The molecule has 0 aromatic heterocycles. The van der Waals surface area contributed by atoms with Crippen molar-refractivity contribution in [2.75, 3.05) is 0 Å². The van der Waals surface area contributed by atoms with Crippen LogP contribution in [0.25, 0.3) is 0 Å². The fourth-order valence-corrected chi connectivity index (χ4v) is 1.55. The molecule has 0 radical (unpaired) electrons. The van der Waals surface area contributed by atoms with E-state index in [1.165, 1.54) is 0 Å². The molecule has 0 aliphatic heterocycles. The van der Waals surface area contributed by atoms with Gasteiger partial charge in [0.2, 0.25) is 0 Å². The van der Waals surface area contributed by atoms with E-state index in [0.717, 1.165) is 24.8 Å². The van der Waals surface area contributed by atoms with Crippen LogP contribution >= 0.6 is 0 Å². The van der Waals surface area contributed by atoms with Gasteiger partial charge in [-0.1, -0.05) is 57.0 Å². The molecule has 4 heteroatoms. The first-order valence-electron chi connectivity index (χ1n) is 6.99. The lowest BCUT2D eigenvalue weighted by atomic mass is 10.1. The zero-order valence-electron chi connectivity index (χ0n) is 12.5. The number of carboxylic acid groups (broad SMARTS) is 1. The largest absolute Gasteiger partial charge is 0.506 e. The molecular weight excluding hydrogens is 256 g/mol. The van der Waals surface area contributed by atoms with Gasteiger partial charge in [0, 0.05) is 12.0 Å². The molecule has 0 aliphatic carbocycles. The summed E-state index contributed by atoms with van der Waals surface area (Å²) in [4.78, 5) is 21.0. The van der Waals surface area contributed by atoms with Crippen LogP contribution in [0, 0.1) is 0 Å². The lowest BCUT2D eigenvalue weighted by Gasteiger charge is -2.08. The number of carbonyl (C=O) groups is 2. The van der Waals surface area contributed by atoms with Crippen LogP contribution in [-0.2, 0) is 4.74 Å². The molecule has 1 aromatic carbocycles. The highest BCUT2D eigenvalue weighted by atomic mass is 16.7. The van der Waals surface area contributed by atoms with Gasteiger partial charge in [0.25, 0.3) is 0 Å². The number of ether oxygens (including phenoxy) is 1. The standard InChI is InChI=1S/C9H10O.C7H14O3/c1-2-9(10)8-6-4-3-5-7-8;1-3-4-5-6(2)10-7(8)9/h3-7H,2H2,1H3;6H,3-5H2,1-2H3,(H,8,9). The maximum atomic E-state index is 11.0. The maximum absolute atomic E-state index is 11.0. The molecule has 0 amide bonds. The van der Waals surface area contributed by atoms with Crippen LogP contribution in [0.4, 0.5) is 4.79 Å². The second-order valence-electron chi connectivity index (χ2n) is 4.48. The van der Waals surface area contributed by atoms with E-state index in [-0.39, 0.29) is 11.9 Å². The van der Waals surface area contributed by atoms with Crippen LogP contribution in [0.5, 0.6) is 0 Å². The lowest BCUT2D eigenvalue weighted by molar-refractivity contribution is 0.0549. The Kier molecular flexibility index (Phi) is 10.0. The van der Waals surface area contributed by atoms with Crippen molar-refractivity contribution < 1.29 is 19.4 Å². The van der Waals surface area contributed by atoms with Crippen LogP contribution in [-0.4, -0.2) is 23.1 Å². The molecule has 4 nitrogen and oxygen atoms in total. The lowest BCUT2D eigenvalue weighted by Crippen LogP contribution is -2.12. The normalized spacial score (nSPS) is 10.9. The molecule has 0 bridgehead atoms. The van der Waals surface area contributed by atoms with Crippen LogP contribution in [0.15, 0.2) is 30.3 Å². The van der Waals surface area contributed by atoms with E-state index >= 15 is 0 Å². The van der Waals surface area contributed by atoms with Crippen LogP contribution in [0.2, 0.25) is 0 Å². The van der Waals surface area contributed by atoms with Crippen molar-refractivity contribution in [2.45, 2.75) is 52.6 Å². The van der Waals surface area contributed by atoms with Crippen molar-refractivity contribution in [3.05, 3.63) is 35.9 Å². The van der Waals surface area contributed by atoms with Gasteiger partial charge in [-0.2, -0.15) is 0 Å². The van der Waals surface area contributed by atoms with E-state index in [1.807, 2.05) is 37.3 Å². The summed E-state index contributed by atoms with van der Waals surface area (Å²) in [5, 5.41) is 8.16. The number of Topliss-reactive ketones (excluding diaryl/α,β-unsaturated/α-hetero) is 1. The van der Waals surface area contributed by atoms with E-state index in [2.05, 4.69) is 11.7 Å².